The second-order valence-corrected chi connectivity index (χ2v) is 3.69. The topological polar surface area (TPSA) is 41.1 Å². The van der Waals surface area contributed by atoms with Crippen LogP contribution in [0.15, 0.2) is 30.3 Å². The first-order valence-corrected chi connectivity index (χ1v) is 5.20. The zero-order chi connectivity index (χ0) is 11.1. The molecule has 1 amide bonds. The van der Waals surface area contributed by atoms with Gasteiger partial charge in [0.05, 0.1) is 6.54 Å². The van der Waals surface area contributed by atoms with Gasteiger partial charge in [0, 0.05) is 6.04 Å². The SMILES string of the molecule is CNCC(=O)N[C@H](C)Cc1ccccc1. The maximum Gasteiger partial charge on any atom is 0.234 e. The zero-order valence-electron chi connectivity index (χ0n) is 9.29. The molecule has 0 aliphatic heterocycles. The summed E-state index contributed by atoms with van der Waals surface area (Å²) in [6.45, 7) is 2.39. The second-order valence-electron chi connectivity index (χ2n) is 3.69. The minimum Gasteiger partial charge on any atom is -0.352 e. The van der Waals surface area contributed by atoms with E-state index < -0.39 is 0 Å². The lowest BCUT2D eigenvalue weighted by molar-refractivity contribution is -0.120. The largest absolute Gasteiger partial charge is 0.352 e. The van der Waals surface area contributed by atoms with E-state index in [1.165, 1.54) is 5.56 Å². The van der Waals surface area contributed by atoms with Gasteiger partial charge in [-0.25, -0.2) is 0 Å². The van der Waals surface area contributed by atoms with E-state index in [9.17, 15) is 4.79 Å². The van der Waals surface area contributed by atoms with Gasteiger partial charge in [-0.05, 0) is 26.0 Å². The first-order chi connectivity index (χ1) is 7.22. The molecule has 0 radical (unpaired) electrons. The minimum absolute atomic E-state index is 0.0425. The van der Waals surface area contributed by atoms with Crippen LogP contribution in [0, 0.1) is 0 Å². The van der Waals surface area contributed by atoms with Gasteiger partial charge in [0.2, 0.25) is 5.91 Å². The number of hydrogen-bond donors (Lipinski definition) is 2. The molecule has 0 aliphatic rings. The van der Waals surface area contributed by atoms with Crippen LogP contribution in [0.4, 0.5) is 0 Å². The Labute approximate surface area is 90.9 Å². The quantitative estimate of drug-likeness (QED) is 0.753. The average molecular weight is 206 g/mol. The van der Waals surface area contributed by atoms with Crippen LogP contribution in [0.2, 0.25) is 0 Å². The summed E-state index contributed by atoms with van der Waals surface area (Å²) in [6, 6.07) is 10.3. The Morgan fingerprint density at radius 2 is 2.00 bits per heavy atom. The van der Waals surface area contributed by atoms with Crippen molar-refractivity contribution < 1.29 is 4.79 Å². The van der Waals surface area contributed by atoms with E-state index in [1.807, 2.05) is 25.1 Å². The fourth-order valence-corrected chi connectivity index (χ4v) is 1.51. The molecule has 2 N–H and O–H groups in total. The lowest BCUT2D eigenvalue weighted by Crippen LogP contribution is -2.39. The Balaban J connectivity index is 2.36. The number of amides is 1. The molecule has 1 atom stereocenters. The van der Waals surface area contributed by atoms with E-state index in [2.05, 4.69) is 22.8 Å². The highest BCUT2D eigenvalue weighted by molar-refractivity contribution is 5.78. The van der Waals surface area contributed by atoms with Gasteiger partial charge in [0.25, 0.3) is 0 Å². The van der Waals surface area contributed by atoms with Crippen molar-refractivity contribution in [2.45, 2.75) is 19.4 Å². The Morgan fingerprint density at radius 1 is 1.33 bits per heavy atom. The van der Waals surface area contributed by atoms with E-state index in [1.54, 1.807) is 7.05 Å². The number of hydrogen-bond acceptors (Lipinski definition) is 2. The molecule has 1 aromatic rings. The van der Waals surface area contributed by atoms with Gasteiger partial charge in [0.1, 0.15) is 0 Å². The molecule has 0 bridgehead atoms. The Bertz CT molecular complexity index is 298. The van der Waals surface area contributed by atoms with Crippen molar-refractivity contribution in [3.63, 3.8) is 0 Å². The molecule has 0 saturated heterocycles. The number of rotatable bonds is 5. The molecule has 0 spiro atoms. The van der Waals surface area contributed by atoms with E-state index in [0.717, 1.165) is 6.42 Å². The summed E-state index contributed by atoms with van der Waals surface area (Å²) in [4.78, 5) is 11.3. The molecule has 0 unspecified atom stereocenters. The molecule has 3 heteroatoms. The third kappa shape index (κ3) is 4.61. The summed E-state index contributed by atoms with van der Waals surface area (Å²) in [5.41, 5.74) is 1.25. The highest BCUT2D eigenvalue weighted by atomic mass is 16.1. The lowest BCUT2D eigenvalue weighted by Gasteiger charge is -2.13. The summed E-state index contributed by atoms with van der Waals surface area (Å²) in [7, 11) is 1.77. The van der Waals surface area contributed by atoms with Gasteiger partial charge in [-0.1, -0.05) is 30.3 Å². The van der Waals surface area contributed by atoms with Gasteiger partial charge in [-0.2, -0.15) is 0 Å². The zero-order valence-corrected chi connectivity index (χ0v) is 9.29. The Hall–Kier alpha value is -1.35. The molecule has 0 saturated carbocycles. The third-order valence-corrected chi connectivity index (χ3v) is 2.13. The second kappa shape index (κ2) is 6.19. The maximum absolute atomic E-state index is 11.3. The lowest BCUT2D eigenvalue weighted by atomic mass is 10.1. The summed E-state index contributed by atoms with van der Waals surface area (Å²) in [5, 5.41) is 5.75. The van der Waals surface area contributed by atoms with Gasteiger partial charge in [0.15, 0.2) is 0 Å². The molecule has 1 rings (SSSR count). The summed E-state index contributed by atoms with van der Waals surface area (Å²) >= 11 is 0. The van der Waals surface area contributed by atoms with Gasteiger partial charge >= 0.3 is 0 Å². The van der Waals surface area contributed by atoms with Crippen LogP contribution in [0.1, 0.15) is 12.5 Å². The van der Waals surface area contributed by atoms with Crippen molar-refractivity contribution in [1.82, 2.24) is 10.6 Å². The highest BCUT2D eigenvalue weighted by Gasteiger charge is 2.06. The predicted octanol–water partition coefficient (Wildman–Crippen LogP) is 0.953. The monoisotopic (exact) mass is 206 g/mol. The molecule has 0 heterocycles. The first kappa shape index (κ1) is 11.7. The smallest absolute Gasteiger partial charge is 0.234 e. The molecule has 1 aromatic carbocycles. The van der Waals surface area contributed by atoms with Gasteiger partial charge < -0.3 is 10.6 Å². The Morgan fingerprint density at radius 3 is 2.60 bits per heavy atom. The van der Waals surface area contributed by atoms with Crippen LogP contribution in [0.25, 0.3) is 0 Å². The number of likely N-dealkylation sites (N-methyl/N-ethyl adjacent to an activating group) is 1. The molecule has 3 nitrogen and oxygen atoms in total. The maximum atomic E-state index is 11.3. The molecular weight excluding hydrogens is 188 g/mol. The van der Waals surface area contributed by atoms with Gasteiger partial charge in [-0.15, -0.1) is 0 Å². The summed E-state index contributed by atoms with van der Waals surface area (Å²) < 4.78 is 0. The van der Waals surface area contributed by atoms with Gasteiger partial charge in [-0.3, -0.25) is 4.79 Å². The Kier molecular flexibility index (Phi) is 4.84. The normalized spacial score (nSPS) is 12.1. The first-order valence-electron chi connectivity index (χ1n) is 5.20. The third-order valence-electron chi connectivity index (χ3n) is 2.13. The molecule has 0 aliphatic carbocycles. The predicted molar refractivity (Wildman–Crippen MR) is 61.7 cm³/mol. The van der Waals surface area contributed by atoms with Crippen LogP contribution in [0.3, 0.4) is 0 Å². The van der Waals surface area contributed by atoms with Crippen molar-refractivity contribution in [2.75, 3.05) is 13.6 Å². The summed E-state index contributed by atoms with van der Waals surface area (Å²) in [5.74, 6) is 0.0425. The van der Waals surface area contributed by atoms with E-state index in [-0.39, 0.29) is 11.9 Å². The van der Waals surface area contributed by atoms with Crippen molar-refractivity contribution in [2.24, 2.45) is 0 Å². The van der Waals surface area contributed by atoms with Crippen molar-refractivity contribution >= 4 is 5.91 Å². The van der Waals surface area contributed by atoms with Crippen molar-refractivity contribution in [3.05, 3.63) is 35.9 Å². The fraction of sp³-hybridized carbons (Fsp3) is 0.417. The van der Waals surface area contributed by atoms with Crippen LogP contribution in [-0.4, -0.2) is 25.5 Å². The number of nitrogens with one attached hydrogen (secondary N) is 2. The van der Waals surface area contributed by atoms with Crippen LogP contribution in [0.5, 0.6) is 0 Å². The van der Waals surface area contributed by atoms with Crippen LogP contribution < -0.4 is 10.6 Å². The van der Waals surface area contributed by atoms with Crippen molar-refractivity contribution in [3.8, 4) is 0 Å². The molecule has 15 heavy (non-hydrogen) atoms. The molecular formula is C12H18N2O. The van der Waals surface area contributed by atoms with E-state index >= 15 is 0 Å². The minimum atomic E-state index is 0.0425. The van der Waals surface area contributed by atoms with Crippen LogP contribution >= 0.6 is 0 Å². The standard InChI is InChI=1S/C12H18N2O/c1-10(14-12(15)9-13-2)8-11-6-4-3-5-7-11/h3-7,10,13H,8-9H2,1-2H3,(H,14,15)/t10-/m1/s1. The number of carbonyl (C=O) groups excluding carboxylic acids is 1. The van der Waals surface area contributed by atoms with Crippen molar-refractivity contribution in [1.29, 1.82) is 0 Å². The highest BCUT2D eigenvalue weighted by Crippen LogP contribution is 2.02. The van der Waals surface area contributed by atoms with E-state index in [0.29, 0.717) is 6.54 Å². The number of benzene rings is 1. The molecule has 0 fully saturated rings. The van der Waals surface area contributed by atoms with E-state index in [4.69, 9.17) is 0 Å². The molecule has 0 aromatic heterocycles. The molecule has 82 valence electrons. The number of carbonyl (C=O) groups is 1. The summed E-state index contributed by atoms with van der Waals surface area (Å²) in [6.07, 6.45) is 0.871. The fourth-order valence-electron chi connectivity index (χ4n) is 1.51. The van der Waals surface area contributed by atoms with Crippen LogP contribution in [-0.2, 0) is 11.2 Å². The average Bonchev–Trinajstić information content (AvgIpc) is 2.19.